The molecule has 0 spiro atoms. The van der Waals surface area contributed by atoms with Gasteiger partial charge in [0.2, 0.25) is 0 Å². The van der Waals surface area contributed by atoms with Gasteiger partial charge in [0.1, 0.15) is 34.9 Å². The summed E-state index contributed by atoms with van der Waals surface area (Å²) in [6, 6.07) is 12.9. The van der Waals surface area contributed by atoms with Gasteiger partial charge in [0, 0.05) is 35.7 Å². The lowest BCUT2D eigenvalue weighted by Gasteiger charge is -2.34. The monoisotopic (exact) mass is 636 g/mol. The Morgan fingerprint density at radius 1 is 0.717 bits per heavy atom. The minimum atomic E-state index is -1.06. The van der Waals surface area contributed by atoms with Crippen LogP contribution in [0, 0.1) is 0 Å². The van der Waals surface area contributed by atoms with Crippen LogP contribution < -0.4 is 4.74 Å². The Hall–Kier alpha value is -5.65. The van der Waals surface area contributed by atoms with E-state index in [9.17, 15) is 45.6 Å². The van der Waals surface area contributed by atoms with E-state index >= 15 is 0 Å². The zero-order valence-corrected chi connectivity index (χ0v) is 24.9. The molecule has 0 amide bonds. The summed E-state index contributed by atoms with van der Waals surface area (Å²) in [5.41, 5.74) is 1.25. The lowest BCUT2D eigenvalue weighted by Crippen LogP contribution is -2.34. The van der Waals surface area contributed by atoms with Crippen molar-refractivity contribution in [3.05, 3.63) is 82.9 Å². The molecule has 12 nitrogen and oxygen atoms in total. The molecule has 244 valence electrons. The van der Waals surface area contributed by atoms with Crippen molar-refractivity contribution >= 4 is 5.97 Å². The van der Waals surface area contributed by atoms with Gasteiger partial charge in [0.15, 0.2) is 34.9 Å². The molecule has 1 aliphatic rings. The quantitative estimate of drug-likeness (QED) is 0.0642. The van der Waals surface area contributed by atoms with Crippen molar-refractivity contribution in [3.8, 4) is 57.5 Å². The first-order valence-electron chi connectivity index (χ1n) is 14.6. The summed E-state index contributed by atoms with van der Waals surface area (Å²) in [6.45, 7) is 2.18. The minimum Gasteiger partial charge on any atom is -0.508 e. The van der Waals surface area contributed by atoms with Gasteiger partial charge in [-0.3, -0.25) is 0 Å². The van der Waals surface area contributed by atoms with E-state index in [0.29, 0.717) is 5.56 Å². The number of phenolic OH excluding ortho intramolecular Hbond substituents is 9. The van der Waals surface area contributed by atoms with Gasteiger partial charge in [-0.25, -0.2) is 4.79 Å². The first-order valence-corrected chi connectivity index (χ1v) is 14.6. The van der Waals surface area contributed by atoms with Gasteiger partial charge in [0.25, 0.3) is 0 Å². The Morgan fingerprint density at radius 2 is 1.41 bits per heavy atom. The van der Waals surface area contributed by atoms with Crippen LogP contribution in [0.15, 0.2) is 60.7 Å². The summed E-state index contributed by atoms with van der Waals surface area (Å²) in [7, 11) is 0. The van der Waals surface area contributed by atoms with Gasteiger partial charge in [-0.2, -0.15) is 0 Å². The zero-order valence-electron chi connectivity index (χ0n) is 24.9. The molecule has 5 rings (SSSR count). The highest BCUT2D eigenvalue weighted by atomic mass is 16.6. The van der Waals surface area contributed by atoms with Crippen LogP contribution in [0.1, 0.15) is 65.8 Å². The molecule has 2 atom stereocenters. The first kappa shape index (κ1) is 33.2. The molecule has 1 aliphatic heterocycles. The van der Waals surface area contributed by atoms with Crippen molar-refractivity contribution in [2.75, 3.05) is 0 Å². The lowest BCUT2D eigenvalue weighted by atomic mass is 9.93. The molecule has 1 heterocycles. The summed E-state index contributed by atoms with van der Waals surface area (Å²) in [5.74, 6) is -4.10. The molecule has 4 aromatic carbocycles. The van der Waals surface area contributed by atoms with Gasteiger partial charge < -0.3 is 55.4 Å². The summed E-state index contributed by atoms with van der Waals surface area (Å²) in [5, 5.41) is 86.8. The third kappa shape index (κ3) is 7.89. The number of ether oxygens (including phenoxy) is 2. The Labute approximate surface area is 264 Å². The average molecular weight is 637 g/mol. The molecule has 0 radical (unpaired) electrons. The molecule has 0 aliphatic carbocycles. The van der Waals surface area contributed by atoms with E-state index in [1.807, 2.05) is 0 Å². The summed E-state index contributed by atoms with van der Waals surface area (Å²) in [6.07, 6.45) is 3.55. The molecule has 2 unspecified atom stereocenters. The van der Waals surface area contributed by atoms with Crippen molar-refractivity contribution in [1.82, 2.24) is 0 Å². The van der Waals surface area contributed by atoms with E-state index in [2.05, 4.69) is 6.92 Å². The molecule has 0 fully saturated rings. The highest BCUT2D eigenvalue weighted by Crippen LogP contribution is 2.44. The maximum Gasteiger partial charge on any atom is 0.338 e. The Kier molecular flexibility index (Phi) is 10.4. The molecular formula is C34H36O12. The molecule has 4 aromatic rings. The molecule has 12 heteroatoms. The molecule has 46 heavy (non-hydrogen) atoms. The number of unbranched alkanes of at least 4 members (excludes halogenated alkanes) is 3. The molecule has 0 aromatic heterocycles. The van der Waals surface area contributed by atoms with Crippen LogP contribution in [-0.2, 0) is 17.6 Å². The van der Waals surface area contributed by atoms with E-state index in [0.717, 1.165) is 36.6 Å². The molecular weight excluding hydrogens is 600 g/mol. The average Bonchev–Trinajstić information content (AvgIpc) is 3.00. The zero-order chi connectivity index (χ0) is 33.5. The second kappa shape index (κ2) is 14.4. The molecule has 9 N–H and O–H groups in total. The number of aromatic hydroxyl groups is 9. The fourth-order valence-electron chi connectivity index (χ4n) is 4.98. The first-order chi connectivity index (χ1) is 21.9. The number of fused-ring (bicyclic) bond motifs is 1. The van der Waals surface area contributed by atoms with Crippen molar-refractivity contribution in [1.29, 1.82) is 0 Å². The maximum absolute atomic E-state index is 12.7. The highest BCUT2D eigenvalue weighted by Gasteiger charge is 2.37. The van der Waals surface area contributed by atoms with Crippen molar-refractivity contribution < 1.29 is 60.2 Å². The smallest absolute Gasteiger partial charge is 0.338 e. The molecule has 0 bridgehead atoms. The number of carbonyl (C=O) groups is 1. The summed E-state index contributed by atoms with van der Waals surface area (Å²) in [4.78, 5) is 12.7. The predicted molar refractivity (Wildman–Crippen MR) is 165 cm³/mol. The number of benzene rings is 4. The van der Waals surface area contributed by atoms with Crippen LogP contribution in [0.3, 0.4) is 0 Å². The third-order valence-corrected chi connectivity index (χ3v) is 7.43. The number of carbonyl (C=O) groups excluding carboxylic acids is 1. The Balaban J connectivity index is 0.000000288. The summed E-state index contributed by atoms with van der Waals surface area (Å²) < 4.78 is 11.4. The largest absolute Gasteiger partial charge is 0.508 e. The van der Waals surface area contributed by atoms with Gasteiger partial charge in [-0.05, 0) is 48.7 Å². The van der Waals surface area contributed by atoms with Crippen molar-refractivity contribution in [3.63, 3.8) is 0 Å². The van der Waals surface area contributed by atoms with Crippen LogP contribution in [0.25, 0.3) is 0 Å². The van der Waals surface area contributed by atoms with E-state index in [-0.39, 0.29) is 52.0 Å². The Bertz CT molecular complexity index is 1680. The number of esters is 1. The van der Waals surface area contributed by atoms with E-state index in [4.69, 9.17) is 14.6 Å². The second-order valence-corrected chi connectivity index (χ2v) is 10.9. The van der Waals surface area contributed by atoms with Gasteiger partial charge in [-0.1, -0.05) is 38.3 Å². The number of hydrogen-bond acceptors (Lipinski definition) is 12. The molecule has 0 saturated heterocycles. The minimum absolute atomic E-state index is 0.0461. The van der Waals surface area contributed by atoms with Crippen LogP contribution >= 0.6 is 0 Å². The van der Waals surface area contributed by atoms with Crippen LogP contribution in [0.4, 0.5) is 0 Å². The van der Waals surface area contributed by atoms with Gasteiger partial charge in [-0.15, -0.1) is 0 Å². The third-order valence-electron chi connectivity index (χ3n) is 7.43. The van der Waals surface area contributed by atoms with Gasteiger partial charge in [0.05, 0.1) is 5.56 Å². The summed E-state index contributed by atoms with van der Waals surface area (Å²) >= 11 is 0. The number of hydrogen-bond donors (Lipinski definition) is 9. The maximum atomic E-state index is 12.7. The number of aryl methyl sites for hydroxylation is 1. The highest BCUT2D eigenvalue weighted by molar-refractivity contribution is 5.91. The van der Waals surface area contributed by atoms with Crippen molar-refractivity contribution in [2.45, 2.75) is 57.7 Å². The second-order valence-electron chi connectivity index (χ2n) is 10.9. The van der Waals surface area contributed by atoms with E-state index in [1.54, 1.807) is 12.1 Å². The number of rotatable bonds is 8. The number of phenols is 9. The standard InChI is InChI=1S/C22H18O10.C12H18O2/c23-11-6-14(25)12-8-19(32-22(30)10-4-16(27)20(29)17(28)5-10)21(31-18(12)7-11)9-1-2-13(24)15(26)3-9;1-2-3-4-5-6-10-7-8-11(13)9-12(10)14/h1-7,19,21,23-29H,8H2;7-9,13-14H,2-6H2,1H3. The SMILES string of the molecule is CCCCCCc1ccc(O)cc1O.O=C(OC1Cc2c(O)cc(O)cc2OC1c1ccc(O)c(O)c1)c1cc(O)c(O)c(O)c1. The predicted octanol–water partition coefficient (Wildman–Crippen LogP) is 5.75. The normalized spacial score (nSPS) is 15.2. The molecule has 0 saturated carbocycles. The Morgan fingerprint density at radius 3 is 2.07 bits per heavy atom. The van der Waals surface area contributed by atoms with E-state index in [1.165, 1.54) is 49.6 Å². The van der Waals surface area contributed by atoms with Crippen LogP contribution in [0.2, 0.25) is 0 Å². The fourth-order valence-corrected chi connectivity index (χ4v) is 4.98. The lowest BCUT2D eigenvalue weighted by molar-refractivity contribution is -0.0189. The topological polar surface area (TPSA) is 218 Å². The van der Waals surface area contributed by atoms with Crippen molar-refractivity contribution in [2.24, 2.45) is 0 Å². The van der Waals surface area contributed by atoms with Crippen LogP contribution in [0.5, 0.6) is 57.5 Å². The van der Waals surface area contributed by atoms with E-state index < -0.39 is 41.2 Å². The van der Waals surface area contributed by atoms with Gasteiger partial charge >= 0.3 is 5.97 Å². The van der Waals surface area contributed by atoms with Crippen LogP contribution in [-0.4, -0.2) is 58.0 Å². The fraction of sp³-hybridized carbons (Fsp3) is 0.265.